The van der Waals surface area contributed by atoms with Crippen molar-refractivity contribution in [3.63, 3.8) is 0 Å². The van der Waals surface area contributed by atoms with Crippen LogP contribution in [0.5, 0.6) is 0 Å². The number of nitrogens with one attached hydrogen (secondary N) is 1. The molecule has 0 saturated carbocycles. The third-order valence-corrected chi connectivity index (χ3v) is 4.14. The monoisotopic (exact) mass is 290 g/mol. The summed E-state index contributed by atoms with van der Waals surface area (Å²) >= 11 is 0. The molecule has 1 aromatic rings. The molecule has 1 N–H and O–H groups in total. The Morgan fingerprint density at radius 3 is 3.00 bits per heavy atom. The normalized spacial score (nSPS) is 24.7. The van der Waals surface area contributed by atoms with Crippen molar-refractivity contribution in [2.24, 2.45) is 0 Å². The third kappa shape index (κ3) is 3.19. The fraction of sp³-hybridized carbons (Fsp3) is 0.562. The first kappa shape index (κ1) is 14.4. The smallest absolute Gasteiger partial charge is 0.318 e. The van der Waals surface area contributed by atoms with E-state index in [0.717, 1.165) is 13.0 Å². The predicted molar refractivity (Wildman–Crippen MR) is 79.1 cm³/mol. The molecule has 2 aliphatic heterocycles. The van der Waals surface area contributed by atoms with Gasteiger partial charge in [0.25, 0.3) is 0 Å². The van der Waals surface area contributed by atoms with E-state index in [-0.39, 0.29) is 18.2 Å². The quantitative estimate of drug-likeness (QED) is 0.919. The van der Waals surface area contributed by atoms with Gasteiger partial charge < -0.3 is 19.7 Å². The van der Waals surface area contributed by atoms with Gasteiger partial charge in [0.05, 0.1) is 19.3 Å². The number of hydrogen-bond donors (Lipinski definition) is 1. The van der Waals surface area contributed by atoms with Gasteiger partial charge in [0.2, 0.25) is 0 Å². The van der Waals surface area contributed by atoms with E-state index in [1.54, 1.807) is 0 Å². The summed E-state index contributed by atoms with van der Waals surface area (Å²) in [7, 11) is 0. The van der Waals surface area contributed by atoms with Crippen molar-refractivity contribution in [3.8, 4) is 0 Å². The first-order valence-corrected chi connectivity index (χ1v) is 7.59. The topological polar surface area (TPSA) is 50.8 Å². The Balaban J connectivity index is 1.59. The predicted octanol–water partition coefficient (Wildman–Crippen LogP) is 1.56. The summed E-state index contributed by atoms with van der Waals surface area (Å²) in [6, 6.07) is 8.24. The van der Waals surface area contributed by atoms with Crippen LogP contribution in [0.15, 0.2) is 24.3 Å². The van der Waals surface area contributed by atoms with Crippen molar-refractivity contribution in [3.05, 3.63) is 35.4 Å². The first-order chi connectivity index (χ1) is 10.3. The van der Waals surface area contributed by atoms with Gasteiger partial charge in [-0.05, 0) is 24.5 Å². The minimum atomic E-state index is -0.0466. The summed E-state index contributed by atoms with van der Waals surface area (Å²) < 4.78 is 11.0. The lowest BCUT2D eigenvalue weighted by Crippen LogP contribution is -2.50. The Labute approximate surface area is 125 Å². The molecule has 1 fully saturated rings. The fourth-order valence-electron chi connectivity index (χ4n) is 2.97. The largest absolute Gasteiger partial charge is 0.376 e. The molecule has 1 saturated heterocycles. The van der Waals surface area contributed by atoms with Crippen molar-refractivity contribution in [2.75, 3.05) is 26.4 Å². The van der Waals surface area contributed by atoms with E-state index >= 15 is 0 Å². The molecule has 5 heteroatoms. The van der Waals surface area contributed by atoms with E-state index in [9.17, 15) is 4.79 Å². The molecule has 2 amide bonds. The molecule has 21 heavy (non-hydrogen) atoms. The molecule has 0 unspecified atom stereocenters. The number of hydrogen-bond acceptors (Lipinski definition) is 3. The molecular formula is C16H22N2O3. The van der Waals surface area contributed by atoms with Gasteiger partial charge in [-0.15, -0.1) is 0 Å². The van der Waals surface area contributed by atoms with Crippen LogP contribution in [-0.4, -0.2) is 49.4 Å². The van der Waals surface area contributed by atoms with Crippen LogP contribution >= 0.6 is 0 Å². The van der Waals surface area contributed by atoms with E-state index < -0.39 is 0 Å². The Hall–Kier alpha value is -1.59. The van der Waals surface area contributed by atoms with E-state index in [1.807, 2.05) is 17.9 Å². The zero-order chi connectivity index (χ0) is 14.7. The zero-order valence-electron chi connectivity index (χ0n) is 12.4. The van der Waals surface area contributed by atoms with Crippen LogP contribution in [0.3, 0.4) is 0 Å². The van der Waals surface area contributed by atoms with Gasteiger partial charge in [-0.25, -0.2) is 4.79 Å². The van der Waals surface area contributed by atoms with Crippen molar-refractivity contribution in [2.45, 2.75) is 32.0 Å². The summed E-state index contributed by atoms with van der Waals surface area (Å²) in [5.41, 5.74) is 2.58. The van der Waals surface area contributed by atoms with Crippen LogP contribution in [-0.2, 0) is 22.4 Å². The van der Waals surface area contributed by atoms with Crippen LogP contribution in [0.1, 0.15) is 18.1 Å². The number of benzene rings is 1. The number of urea groups is 1. The van der Waals surface area contributed by atoms with Gasteiger partial charge >= 0.3 is 6.03 Å². The maximum absolute atomic E-state index is 12.4. The molecule has 2 heterocycles. The molecular weight excluding hydrogens is 268 g/mol. The Morgan fingerprint density at radius 1 is 1.38 bits per heavy atom. The molecule has 0 radical (unpaired) electrons. The molecule has 5 nitrogen and oxygen atoms in total. The van der Waals surface area contributed by atoms with E-state index in [0.29, 0.717) is 26.4 Å². The number of fused-ring (bicyclic) bond motifs is 1. The maximum atomic E-state index is 12.4. The lowest BCUT2D eigenvalue weighted by atomic mass is 10.0. The molecule has 0 spiro atoms. The molecule has 0 aliphatic carbocycles. The second-order valence-electron chi connectivity index (χ2n) is 5.53. The van der Waals surface area contributed by atoms with Gasteiger partial charge in [-0.1, -0.05) is 24.3 Å². The van der Waals surface area contributed by atoms with Crippen molar-refractivity contribution in [1.29, 1.82) is 0 Å². The molecule has 2 aliphatic rings. The highest BCUT2D eigenvalue weighted by molar-refractivity contribution is 5.75. The summed E-state index contributed by atoms with van der Waals surface area (Å²) in [4.78, 5) is 14.3. The highest BCUT2D eigenvalue weighted by atomic mass is 16.5. The molecule has 2 atom stereocenters. The van der Waals surface area contributed by atoms with Gasteiger partial charge in [0.1, 0.15) is 6.10 Å². The van der Waals surface area contributed by atoms with Crippen molar-refractivity contribution < 1.29 is 14.3 Å². The van der Waals surface area contributed by atoms with Crippen LogP contribution in [0.4, 0.5) is 4.79 Å². The minimum absolute atomic E-state index is 0.0234. The van der Waals surface area contributed by atoms with Crippen LogP contribution in [0.25, 0.3) is 0 Å². The maximum Gasteiger partial charge on any atom is 0.318 e. The van der Waals surface area contributed by atoms with Gasteiger partial charge in [0, 0.05) is 19.7 Å². The Kier molecular flexibility index (Phi) is 4.41. The van der Waals surface area contributed by atoms with Crippen molar-refractivity contribution >= 4 is 6.03 Å². The van der Waals surface area contributed by atoms with Crippen LogP contribution in [0, 0.1) is 0 Å². The van der Waals surface area contributed by atoms with Gasteiger partial charge in [-0.3, -0.25) is 0 Å². The zero-order valence-corrected chi connectivity index (χ0v) is 12.4. The van der Waals surface area contributed by atoms with Gasteiger partial charge in [0.15, 0.2) is 0 Å². The van der Waals surface area contributed by atoms with Crippen molar-refractivity contribution in [1.82, 2.24) is 10.2 Å². The molecule has 1 aromatic carbocycles. The molecule has 114 valence electrons. The standard InChI is InChI=1S/C16H22N2O3/c1-2-21-15-11-20-10-14(15)17-16(19)18-8-7-12-5-3-4-6-13(12)9-18/h3-6,14-15H,2,7-11H2,1H3,(H,17,19)/t14-,15-/m0/s1. The van der Waals surface area contributed by atoms with Crippen LogP contribution < -0.4 is 5.32 Å². The van der Waals surface area contributed by atoms with E-state index in [1.165, 1.54) is 11.1 Å². The molecule has 3 rings (SSSR count). The lowest BCUT2D eigenvalue weighted by Gasteiger charge is -2.30. The number of rotatable bonds is 3. The molecule has 0 bridgehead atoms. The third-order valence-electron chi connectivity index (χ3n) is 4.14. The minimum Gasteiger partial charge on any atom is -0.376 e. The van der Waals surface area contributed by atoms with E-state index in [2.05, 4.69) is 23.5 Å². The number of amides is 2. The number of carbonyl (C=O) groups excluding carboxylic acids is 1. The number of ether oxygens (including phenoxy) is 2. The SMILES string of the molecule is CCO[C@H]1COC[C@@H]1NC(=O)N1CCc2ccccc2C1. The van der Waals surface area contributed by atoms with Crippen LogP contribution in [0.2, 0.25) is 0 Å². The fourth-order valence-corrected chi connectivity index (χ4v) is 2.97. The average molecular weight is 290 g/mol. The summed E-state index contributed by atoms with van der Waals surface area (Å²) in [5.74, 6) is 0. The summed E-state index contributed by atoms with van der Waals surface area (Å²) in [5, 5.41) is 3.05. The molecule has 0 aromatic heterocycles. The average Bonchev–Trinajstić information content (AvgIpc) is 2.94. The lowest BCUT2D eigenvalue weighted by molar-refractivity contribution is 0.0417. The Morgan fingerprint density at radius 2 is 2.19 bits per heavy atom. The van der Waals surface area contributed by atoms with E-state index in [4.69, 9.17) is 9.47 Å². The first-order valence-electron chi connectivity index (χ1n) is 7.59. The highest BCUT2D eigenvalue weighted by Gasteiger charge is 2.31. The number of carbonyl (C=O) groups is 1. The highest BCUT2D eigenvalue weighted by Crippen LogP contribution is 2.19. The second-order valence-corrected chi connectivity index (χ2v) is 5.53. The summed E-state index contributed by atoms with van der Waals surface area (Å²) in [6.07, 6.45) is 0.885. The second kappa shape index (κ2) is 6.45. The number of nitrogens with zero attached hydrogens (tertiary/aromatic N) is 1. The Bertz CT molecular complexity index is 506. The van der Waals surface area contributed by atoms with Gasteiger partial charge in [-0.2, -0.15) is 0 Å². The summed E-state index contributed by atoms with van der Waals surface area (Å²) in [6.45, 7) is 5.11.